The lowest BCUT2D eigenvalue weighted by molar-refractivity contribution is -0.146. The molecule has 3 atom stereocenters. The Kier molecular flexibility index (Phi) is 9.00. The maximum Gasteiger partial charge on any atom is 0.308 e. The van der Waals surface area contributed by atoms with E-state index >= 15 is 0 Å². The van der Waals surface area contributed by atoms with E-state index in [9.17, 15) is 19.4 Å². The molecule has 4 rings (SSSR count). The number of aliphatic carboxylic acids is 1. The Bertz CT molecular complexity index is 1220. The second-order valence-electron chi connectivity index (χ2n) is 8.93. The average Bonchev–Trinajstić information content (AvgIpc) is 2.88. The van der Waals surface area contributed by atoms with Gasteiger partial charge in [0, 0.05) is 42.2 Å². The summed E-state index contributed by atoms with van der Waals surface area (Å²) in [5.74, 6) is -0.505. The Morgan fingerprint density at radius 3 is 2.94 bits per heavy atom. The van der Waals surface area contributed by atoms with Crippen molar-refractivity contribution in [3.05, 3.63) is 59.1 Å². The van der Waals surface area contributed by atoms with Gasteiger partial charge in [-0.3, -0.25) is 9.78 Å². The van der Waals surface area contributed by atoms with Gasteiger partial charge in [0.1, 0.15) is 10.8 Å². The number of likely N-dealkylation sites (tertiary alicyclic amines) is 1. The molecule has 0 spiro atoms. The number of rotatable bonds is 10. The number of ether oxygens (including phenoxy) is 1. The third-order valence-electron chi connectivity index (χ3n) is 6.74. The molecule has 36 heavy (non-hydrogen) atoms. The van der Waals surface area contributed by atoms with Crippen molar-refractivity contribution in [3.8, 4) is 5.75 Å². The highest BCUT2D eigenvalue weighted by Crippen LogP contribution is 2.37. The number of nitrogens with zero attached hydrogens (tertiary/aromatic N) is 3. The molecular formula is C26H29ClFN3O4S. The number of aliphatic hydroxyl groups excluding tert-OH is 1. The van der Waals surface area contributed by atoms with E-state index in [1.165, 1.54) is 24.0 Å². The van der Waals surface area contributed by atoms with Crippen LogP contribution in [0.5, 0.6) is 5.75 Å². The smallest absolute Gasteiger partial charge is 0.308 e. The normalized spacial score (nSPS) is 19.3. The standard InChI is InChI=1S/C26H29ClFN3O4S/c1-35-17-5-6-22-18(13-17)24(20(27)14-30-22)23(32)7-4-16-8-10-31(15-19(16)26(33)34)11-12-36-25-21(28)3-2-9-29-25/h2-3,5-6,9,13-14,16,19,23,32H,4,7-8,10-12,15H2,1H3,(H,33,34)/t16-,19+,23-/m0/s1. The summed E-state index contributed by atoms with van der Waals surface area (Å²) in [5, 5.41) is 22.4. The number of methoxy groups -OCH3 is 1. The summed E-state index contributed by atoms with van der Waals surface area (Å²) in [6.45, 7) is 1.84. The van der Waals surface area contributed by atoms with Crippen molar-refractivity contribution < 1.29 is 24.1 Å². The van der Waals surface area contributed by atoms with E-state index in [-0.39, 0.29) is 11.7 Å². The predicted octanol–water partition coefficient (Wildman–Crippen LogP) is 5.06. The molecule has 1 fully saturated rings. The SMILES string of the molecule is COc1ccc2ncc(Cl)c([C@@H](O)CC[C@H]3CCN(CCSc4ncccc4F)C[C@H]3C(=O)O)c2c1. The van der Waals surface area contributed by atoms with Crippen LogP contribution >= 0.6 is 23.4 Å². The maximum atomic E-state index is 13.8. The highest BCUT2D eigenvalue weighted by Gasteiger charge is 2.34. The molecule has 0 unspecified atom stereocenters. The second kappa shape index (κ2) is 12.2. The molecule has 1 aliphatic rings. The molecule has 0 amide bonds. The van der Waals surface area contributed by atoms with Crippen LogP contribution in [0.2, 0.25) is 5.02 Å². The van der Waals surface area contributed by atoms with Gasteiger partial charge in [-0.1, -0.05) is 11.6 Å². The van der Waals surface area contributed by atoms with E-state index in [0.717, 1.165) is 11.9 Å². The van der Waals surface area contributed by atoms with Gasteiger partial charge >= 0.3 is 5.97 Å². The van der Waals surface area contributed by atoms with Crippen LogP contribution < -0.4 is 4.74 Å². The van der Waals surface area contributed by atoms with Crippen molar-refractivity contribution in [1.29, 1.82) is 0 Å². The van der Waals surface area contributed by atoms with Crippen LogP contribution in [-0.4, -0.2) is 63.5 Å². The lowest BCUT2D eigenvalue weighted by atomic mass is 9.81. The van der Waals surface area contributed by atoms with Crippen molar-refractivity contribution in [2.45, 2.75) is 30.4 Å². The Labute approximate surface area is 218 Å². The van der Waals surface area contributed by atoms with Crippen LogP contribution in [0.4, 0.5) is 4.39 Å². The summed E-state index contributed by atoms with van der Waals surface area (Å²) in [5.41, 5.74) is 1.29. The van der Waals surface area contributed by atoms with E-state index in [2.05, 4.69) is 14.9 Å². The number of carboxylic acid groups (broad SMARTS) is 1. The zero-order chi connectivity index (χ0) is 25.7. The second-order valence-corrected chi connectivity index (χ2v) is 10.4. The highest BCUT2D eigenvalue weighted by atomic mass is 35.5. The summed E-state index contributed by atoms with van der Waals surface area (Å²) in [6, 6.07) is 8.36. The van der Waals surface area contributed by atoms with E-state index in [0.29, 0.717) is 65.0 Å². The number of aromatic nitrogens is 2. The Balaban J connectivity index is 1.37. The molecule has 0 bridgehead atoms. The largest absolute Gasteiger partial charge is 0.497 e. The van der Waals surface area contributed by atoms with E-state index in [4.69, 9.17) is 16.3 Å². The van der Waals surface area contributed by atoms with Crippen molar-refractivity contribution >= 4 is 40.2 Å². The molecule has 7 nitrogen and oxygen atoms in total. The van der Waals surface area contributed by atoms with Crippen molar-refractivity contribution in [2.75, 3.05) is 32.5 Å². The zero-order valence-electron chi connectivity index (χ0n) is 19.9. The first kappa shape index (κ1) is 26.6. The first-order chi connectivity index (χ1) is 17.4. The fourth-order valence-corrected chi connectivity index (χ4v) is 5.96. The molecule has 10 heteroatoms. The number of hydrogen-bond acceptors (Lipinski definition) is 7. The molecule has 0 aliphatic carbocycles. The molecular weight excluding hydrogens is 505 g/mol. The van der Waals surface area contributed by atoms with Gasteiger partial charge in [-0.2, -0.15) is 0 Å². The average molecular weight is 534 g/mol. The third-order valence-corrected chi connectivity index (χ3v) is 8.00. The topological polar surface area (TPSA) is 95.8 Å². The van der Waals surface area contributed by atoms with E-state index < -0.39 is 18.0 Å². The van der Waals surface area contributed by atoms with Gasteiger partial charge in [-0.25, -0.2) is 9.37 Å². The molecule has 0 saturated carbocycles. The van der Waals surface area contributed by atoms with Gasteiger partial charge < -0.3 is 19.8 Å². The fourth-order valence-electron chi connectivity index (χ4n) is 4.80. The van der Waals surface area contributed by atoms with Crippen molar-refractivity contribution in [1.82, 2.24) is 14.9 Å². The van der Waals surface area contributed by atoms with Crippen LogP contribution in [-0.2, 0) is 4.79 Å². The quantitative estimate of drug-likeness (QED) is 0.349. The molecule has 1 aliphatic heterocycles. The van der Waals surface area contributed by atoms with Crippen LogP contribution in [0, 0.1) is 17.7 Å². The van der Waals surface area contributed by atoms with Crippen LogP contribution in [0.25, 0.3) is 10.9 Å². The highest BCUT2D eigenvalue weighted by molar-refractivity contribution is 7.99. The number of piperidine rings is 1. The first-order valence-corrected chi connectivity index (χ1v) is 13.2. The minimum atomic E-state index is -0.854. The number of aliphatic hydroxyl groups is 1. The third kappa shape index (κ3) is 6.26. The molecule has 2 N–H and O–H groups in total. The number of fused-ring (bicyclic) bond motifs is 1. The van der Waals surface area contributed by atoms with Crippen LogP contribution in [0.15, 0.2) is 47.8 Å². The summed E-state index contributed by atoms with van der Waals surface area (Å²) in [7, 11) is 1.57. The van der Waals surface area contributed by atoms with Gasteiger partial charge in [0.25, 0.3) is 0 Å². The lowest BCUT2D eigenvalue weighted by Gasteiger charge is -2.37. The minimum Gasteiger partial charge on any atom is -0.497 e. The number of halogens is 2. The summed E-state index contributed by atoms with van der Waals surface area (Å²) >= 11 is 7.75. The minimum absolute atomic E-state index is 0.0595. The summed E-state index contributed by atoms with van der Waals surface area (Å²) in [6.07, 6.45) is 3.90. The lowest BCUT2D eigenvalue weighted by Crippen LogP contribution is -2.44. The summed E-state index contributed by atoms with van der Waals surface area (Å²) in [4.78, 5) is 22.6. The van der Waals surface area contributed by atoms with Crippen LogP contribution in [0.1, 0.15) is 30.9 Å². The number of carbonyl (C=O) groups is 1. The Morgan fingerprint density at radius 2 is 2.19 bits per heavy atom. The van der Waals surface area contributed by atoms with E-state index in [1.54, 1.807) is 31.5 Å². The first-order valence-electron chi connectivity index (χ1n) is 11.9. The number of carboxylic acids is 1. The molecule has 0 radical (unpaired) electrons. The van der Waals surface area contributed by atoms with Crippen molar-refractivity contribution in [3.63, 3.8) is 0 Å². The number of hydrogen-bond donors (Lipinski definition) is 2. The molecule has 3 aromatic rings. The molecule has 1 saturated heterocycles. The fraction of sp³-hybridized carbons (Fsp3) is 0.423. The number of pyridine rings is 2. The van der Waals surface area contributed by atoms with Gasteiger partial charge in [0.2, 0.25) is 0 Å². The molecule has 2 aromatic heterocycles. The predicted molar refractivity (Wildman–Crippen MR) is 138 cm³/mol. The van der Waals surface area contributed by atoms with E-state index in [1.807, 2.05) is 6.07 Å². The Hall–Kier alpha value is -2.46. The summed E-state index contributed by atoms with van der Waals surface area (Å²) < 4.78 is 19.1. The zero-order valence-corrected chi connectivity index (χ0v) is 21.5. The molecule has 1 aromatic carbocycles. The van der Waals surface area contributed by atoms with Gasteiger partial charge in [0.05, 0.1) is 29.7 Å². The monoisotopic (exact) mass is 533 g/mol. The number of thioether (sulfide) groups is 1. The van der Waals surface area contributed by atoms with Gasteiger partial charge in [-0.05, 0) is 62.1 Å². The maximum absolute atomic E-state index is 13.8. The van der Waals surface area contributed by atoms with Gasteiger partial charge in [0.15, 0.2) is 5.82 Å². The molecule has 3 heterocycles. The van der Waals surface area contributed by atoms with Crippen LogP contribution in [0.3, 0.4) is 0 Å². The van der Waals surface area contributed by atoms with Crippen molar-refractivity contribution in [2.24, 2.45) is 11.8 Å². The molecule has 192 valence electrons. The Morgan fingerprint density at radius 1 is 1.36 bits per heavy atom. The van der Waals surface area contributed by atoms with Gasteiger partial charge in [-0.15, -0.1) is 11.8 Å². The number of benzene rings is 1.